The molecule has 1 N–H and O–H groups in total. The van der Waals surface area contributed by atoms with E-state index >= 15 is 0 Å². The molecule has 2 rings (SSSR count). The summed E-state index contributed by atoms with van der Waals surface area (Å²) in [5.74, 6) is -1.20. The Labute approximate surface area is 159 Å². The fraction of sp³-hybridized carbons (Fsp3) is 0.278. The van der Waals surface area contributed by atoms with Gasteiger partial charge in [-0.1, -0.05) is 0 Å². The third-order valence-corrected chi connectivity index (χ3v) is 5.90. The molecular weight excluding hydrogens is 402 g/mol. The normalized spacial score (nSPS) is 13.0. The lowest BCUT2D eigenvalue weighted by molar-refractivity contribution is -0.137. The zero-order valence-corrected chi connectivity index (χ0v) is 15.5. The molecule has 5 nitrogen and oxygen atoms in total. The van der Waals surface area contributed by atoms with Crippen molar-refractivity contribution >= 4 is 15.7 Å². The van der Waals surface area contributed by atoms with Crippen LogP contribution >= 0.6 is 0 Å². The predicted octanol–water partition coefficient (Wildman–Crippen LogP) is 3.20. The highest BCUT2D eigenvalue weighted by atomic mass is 32.2. The standard InChI is InChI=1S/C18H17F4NO4S/c1-12(28(25,26)16-8-4-14(19)5-9-16)17(24)23-10-11-27-15-6-2-13(3-7-15)18(20,21)22/h2-9,12H,10-11H2,1H3,(H,23,24). The van der Waals surface area contributed by atoms with Gasteiger partial charge in [0.2, 0.25) is 5.91 Å². The zero-order chi connectivity index (χ0) is 20.9. The van der Waals surface area contributed by atoms with E-state index < -0.39 is 38.6 Å². The third-order valence-electron chi connectivity index (χ3n) is 3.83. The summed E-state index contributed by atoms with van der Waals surface area (Å²) in [6.07, 6.45) is -4.45. The molecule has 2 aromatic rings. The number of alkyl halides is 3. The van der Waals surface area contributed by atoms with Crippen LogP contribution in [0.25, 0.3) is 0 Å². The minimum Gasteiger partial charge on any atom is -0.492 e. The average molecular weight is 419 g/mol. The number of hydrogen-bond acceptors (Lipinski definition) is 4. The van der Waals surface area contributed by atoms with Gasteiger partial charge in [0, 0.05) is 0 Å². The largest absolute Gasteiger partial charge is 0.492 e. The smallest absolute Gasteiger partial charge is 0.416 e. The van der Waals surface area contributed by atoms with Crippen molar-refractivity contribution in [2.75, 3.05) is 13.2 Å². The Morgan fingerprint density at radius 3 is 2.18 bits per heavy atom. The Hall–Kier alpha value is -2.62. The molecule has 0 aliphatic rings. The van der Waals surface area contributed by atoms with Crippen molar-refractivity contribution in [2.45, 2.75) is 23.2 Å². The first-order chi connectivity index (χ1) is 13.0. The first-order valence-corrected chi connectivity index (χ1v) is 9.63. The monoisotopic (exact) mass is 419 g/mol. The molecule has 0 heterocycles. The summed E-state index contributed by atoms with van der Waals surface area (Å²) in [4.78, 5) is 11.9. The van der Waals surface area contributed by atoms with Crippen LogP contribution in [0.5, 0.6) is 5.75 Å². The lowest BCUT2D eigenvalue weighted by Crippen LogP contribution is -2.39. The Morgan fingerprint density at radius 2 is 1.64 bits per heavy atom. The molecule has 10 heteroatoms. The minimum absolute atomic E-state index is 0.0524. The molecule has 0 saturated heterocycles. The second-order valence-corrected chi connectivity index (χ2v) is 8.07. The number of nitrogens with one attached hydrogen (secondary N) is 1. The summed E-state index contributed by atoms with van der Waals surface area (Å²) in [6, 6.07) is 8.13. The average Bonchev–Trinajstić information content (AvgIpc) is 2.64. The third kappa shape index (κ3) is 5.44. The van der Waals surface area contributed by atoms with Crippen molar-refractivity contribution < 1.29 is 35.5 Å². The van der Waals surface area contributed by atoms with Crippen LogP contribution in [-0.4, -0.2) is 32.7 Å². The molecule has 0 fully saturated rings. The van der Waals surface area contributed by atoms with Gasteiger partial charge in [-0.05, 0) is 55.5 Å². The van der Waals surface area contributed by atoms with Crippen molar-refractivity contribution in [3.05, 3.63) is 59.9 Å². The SMILES string of the molecule is CC(C(=O)NCCOc1ccc(C(F)(F)F)cc1)S(=O)(=O)c1ccc(F)cc1. The fourth-order valence-corrected chi connectivity index (χ4v) is 3.49. The Kier molecular flexibility index (Phi) is 6.65. The van der Waals surface area contributed by atoms with E-state index in [0.29, 0.717) is 0 Å². The number of halogens is 4. The quantitative estimate of drug-likeness (QED) is 0.425. The van der Waals surface area contributed by atoms with Crippen LogP contribution in [-0.2, 0) is 20.8 Å². The zero-order valence-electron chi connectivity index (χ0n) is 14.7. The van der Waals surface area contributed by atoms with Gasteiger partial charge in [-0.3, -0.25) is 4.79 Å². The number of carbonyl (C=O) groups is 1. The molecule has 1 atom stereocenters. The summed E-state index contributed by atoms with van der Waals surface area (Å²) in [5, 5.41) is 0.965. The molecule has 0 saturated carbocycles. The van der Waals surface area contributed by atoms with Crippen molar-refractivity contribution in [1.29, 1.82) is 0 Å². The van der Waals surface area contributed by atoms with E-state index in [1.165, 1.54) is 6.92 Å². The molecule has 0 bridgehead atoms. The van der Waals surface area contributed by atoms with Gasteiger partial charge in [0.15, 0.2) is 9.84 Å². The van der Waals surface area contributed by atoms with E-state index in [1.54, 1.807) is 0 Å². The number of ether oxygens (including phenoxy) is 1. The summed E-state index contributed by atoms with van der Waals surface area (Å²) >= 11 is 0. The molecular formula is C18H17F4NO4S. The van der Waals surface area contributed by atoms with E-state index in [9.17, 15) is 30.8 Å². The number of benzene rings is 2. The number of hydrogen-bond donors (Lipinski definition) is 1. The highest BCUT2D eigenvalue weighted by molar-refractivity contribution is 7.92. The second-order valence-electron chi connectivity index (χ2n) is 5.80. The van der Waals surface area contributed by atoms with E-state index in [1.807, 2.05) is 0 Å². The lowest BCUT2D eigenvalue weighted by Gasteiger charge is -2.14. The van der Waals surface area contributed by atoms with Gasteiger partial charge in [0.1, 0.15) is 23.4 Å². The van der Waals surface area contributed by atoms with Crippen molar-refractivity contribution in [3.63, 3.8) is 0 Å². The van der Waals surface area contributed by atoms with Gasteiger partial charge >= 0.3 is 6.18 Å². The van der Waals surface area contributed by atoms with Crippen LogP contribution in [0.4, 0.5) is 17.6 Å². The van der Waals surface area contributed by atoms with Crippen LogP contribution in [0.3, 0.4) is 0 Å². The molecule has 2 aromatic carbocycles. The Bertz CT molecular complexity index is 910. The molecule has 0 radical (unpaired) electrons. The predicted molar refractivity (Wildman–Crippen MR) is 93.0 cm³/mol. The Balaban J connectivity index is 1.85. The van der Waals surface area contributed by atoms with Crippen LogP contribution in [0, 0.1) is 5.82 Å². The molecule has 1 unspecified atom stereocenters. The van der Waals surface area contributed by atoms with Crippen molar-refractivity contribution in [2.24, 2.45) is 0 Å². The number of rotatable bonds is 7. The molecule has 0 aromatic heterocycles. The van der Waals surface area contributed by atoms with Gasteiger partial charge in [-0.25, -0.2) is 12.8 Å². The van der Waals surface area contributed by atoms with Crippen molar-refractivity contribution in [1.82, 2.24) is 5.32 Å². The maximum absolute atomic E-state index is 12.9. The maximum atomic E-state index is 12.9. The first-order valence-electron chi connectivity index (χ1n) is 8.09. The van der Waals surface area contributed by atoms with Crippen LogP contribution in [0.1, 0.15) is 12.5 Å². The number of carbonyl (C=O) groups excluding carboxylic acids is 1. The van der Waals surface area contributed by atoms with Gasteiger partial charge in [0.25, 0.3) is 0 Å². The Morgan fingerprint density at radius 1 is 1.07 bits per heavy atom. The highest BCUT2D eigenvalue weighted by Gasteiger charge is 2.30. The summed E-state index contributed by atoms with van der Waals surface area (Å²) in [7, 11) is -3.99. The molecule has 0 aliphatic carbocycles. The molecule has 1 amide bonds. The van der Waals surface area contributed by atoms with Gasteiger partial charge in [-0.15, -0.1) is 0 Å². The number of amides is 1. The molecule has 0 spiro atoms. The highest BCUT2D eigenvalue weighted by Crippen LogP contribution is 2.30. The van der Waals surface area contributed by atoms with Gasteiger partial charge in [0.05, 0.1) is 17.0 Å². The van der Waals surface area contributed by atoms with E-state index in [4.69, 9.17) is 4.74 Å². The molecule has 28 heavy (non-hydrogen) atoms. The van der Waals surface area contributed by atoms with Crippen LogP contribution in [0.2, 0.25) is 0 Å². The molecule has 0 aliphatic heterocycles. The van der Waals surface area contributed by atoms with Gasteiger partial charge in [-0.2, -0.15) is 13.2 Å². The summed E-state index contributed by atoms with van der Waals surface area (Å²) in [5.41, 5.74) is -0.812. The van der Waals surface area contributed by atoms with Gasteiger partial charge < -0.3 is 10.1 Å². The van der Waals surface area contributed by atoms with Crippen molar-refractivity contribution in [3.8, 4) is 5.75 Å². The van der Waals surface area contributed by atoms with Crippen LogP contribution < -0.4 is 10.1 Å². The van der Waals surface area contributed by atoms with Crippen LogP contribution in [0.15, 0.2) is 53.4 Å². The second kappa shape index (κ2) is 8.59. The number of sulfone groups is 1. The maximum Gasteiger partial charge on any atom is 0.416 e. The lowest BCUT2D eigenvalue weighted by atomic mass is 10.2. The summed E-state index contributed by atoms with van der Waals surface area (Å²) < 4.78 is 80.2. The van der Waals surface area contributed by atoms with E-state index in [2.05, 4.69) is 5.32 Å². The summed E-state index contributed by atoms with van der Waals surface area (Å²) in [6.45, 7) is 1.08. The minimum atomic E-state index is -4.45. The first kappa shape index (κ1) is 21.7. The molecule has 152 valence electrons. The van der Waals surface area contributed by atoms with E-state index in [-0.39, 0.29) is 23.8 Å². The fourth-order valence-electron chi connectivity index (χ4n) is 2.20. The van der Waals surface area contributed by atoms with E-state index in [0.717, 1.165) is 48.5 Å². The topological polar surface area (TPSA) is 72.5 Å².